The SMILES string of the molecule is C[C@H]1CCCCN1C(=O)COC(=O)c1cccc(S(=O)(=O)N2CCOCC2)c1. The number of ether oxygens (including phenoxy) is 2. The summed E-state index contributed by atoms with van der Waals surface area (Å²) in [5.74, 6) is -0.935. The highest BCUT2D eigenvalue weighted by Crippen LogP contribution is 2.19. The van der Waals surface area contributed by atoms with Crippen molar-refractivity contribution in [3.05, 3.63) is 29.8 Å². The van der Waals surface area contributed by atoms with Crippen LogP contribution in [0.4, 0.5) is 0 Å². The standard InChI is InChI=1S/C19H26N2O6S/c1-15-5-2-3-8-21(15)18(22)14-27-19(23)16-6-4-7-17(13-16)28(24,25)20-9-11-26-12-10-20/h4,6-7,13,15H,2-3,5,8-12,14H2,1H3/t15-/m0/s1. The molecule has 0 unspecified atom stereocenters. The fourth-order valence-electron chi connectivity index (χ4n) is 3.48. The van der Waals surface area contributed by atoms with E-state index in [1.165, 1.54) is 28.6 Å². The third kappa shape index (κ3) is 4.71. The Hall–Kier alpha value is -1.97. The molecule has 2 saturated heterocycles. The van der Waals surface area contributed by atoms with Crippen molar-refractivity contribution in [2.75, 3.05) is 39.5 Å². The van der Waals surface area contributed by atoms with Gasteiger partial charge in [0.2, 0.25) is 10.0 Å². The Labute approximate surface area is 165 Å². The smallest absolute Gasteiger partial charge is 0.338 e. The van der Waals surface area contributed by atoms with Crippen LogP contribution in [0.5, 0.6) is 0 Å². The van der Waals surface area contributed by atoms with E-state index in [1.807, 2.05) is 6.92 Å². The number of nitrogens with zero attached hydrogens (tertiary/aromatic N) is 2. The van der Waals surface area contributed by atoms with Gasteiger partial charge in [-0.05, 0) is 44.4 Å². The Kier molecular flexibility index (Phi) is 6.69. The Balaban J connectivity index is 1.64. The fourth-order valence-corrected chi connectivity index (χ4v) is 4.94. The molecule has 154 valence electrons. The molecule has 1 atom stereocenters. The summed E-state index contributed by atoms with van der Waals surface area (Å²) in [5, 5.41) is 0. The molecule has 0 radical (unpaired) electrons. The number of esters is 1. The zero-order chi connectivity index (χ0) is 20.1. The van der Waals surface area contributed by atoms with Crippen LogP contribution in [0.1, 0.15) is 36.5 Å². The van der Waals surface area contributed by atoms with Gasteiger partial charge in [0.25, 0.3) is 5.91 Å². The van der Waals surface area contributed by atoms with E-state index < -0.39 is 16.0 Å². The summed E-state index contributed by atoms with van der Waals surface area (Å²) in [6.07, 6.45) is 2.99. The van der Waals surface area contributed by atoms with Gasteiger partial charge in [0.1, 0.15) is 0 Å². The van der Waals surface area contributed by atoms with E-state index >= 15 is 0 Å². The number of sulfonamides is 1. The van der Waals surface area contributed by atoms with Crippen molar-refractivity contribution in [1.29, 1.82) is 0 Å². The number of benzene rings is 1. The Morgan fingerprint density at radius 3 is 2.64 bits per heavy atom. The molecular formula is C19H26N2O6S. The lowest BCUT2D eigenvalue weighted by Gasteiger charge is -2.33. The number of carbonyl (C=O) groups excluding carboxylic acids is 2. The first-order valence-electron chi connectivity index (χ1n) is 9.54. The van der Waals surface area contributed by atoms with Gasteiger partial charge in [0, 0.05) is 25.7 Å². The molecule has 1 aromatic rings. The molecule has 8 nitrogen and oxygen atoms in total. The summed E-state index contributed by atoms with van der Waals surface area (Å²) in [6.45, 7) is 3.56. The van der Waals surface area contributed by atoms with Crippen LogP contribution in [-0.4, -0.2) is 75.0 Å². The Bertz CT molecular complexity index is 819. The lowest BCUT2D eigenvalue weighted by Crippen LogP contribution is -2.44. The number of hydrogen-bond donors (Lipinski definition) is 0. The highest BCUT2D eigenvalue weighted by atomic mass is 32.2. The van der Waals surface area contributed by atoms with Gasteiger partial charge in [0.05, 0.1) is 23.7 Å². The molecular weight excluding hydrogens is 384 g/mol. The molecule has 0 aliphatic carbocycles. The van der Waals surface area contributed by atoms with E-state index in [0.717, 1.165) is 19.3 Å². The van der Waals surface area contributed by atoms with Crippen molar-refractivity contribution >= 4 is 21.9 Å². The number of hydrogen-bond acceptors (Lipinski definition) is 6. The average molecular weight is 410 g/mol. The molecule has 0 N–H and O–H groups in total. The predicted molar refractivity (Wildman–Crippen MR) is 101 cm³/mol. The van der Waals surface area contributed by atoms with Crippen LogP contribution in [0, 0.1) is 0 Å². The van der Waals surface area contributed by atoms with E-state index in [9.17, 15) is 18.0 Å². The number of carbonyl (C=O) groups is 2. The lowest BCUT2D eigenvalue weighted by molar-refractivity contribution is -0.137. The maximum absolute atomic E-state index is 12.7. The summed E-state index contributed by atoms with van der Waals surface area (Å²) in [6, 6.07) is 5.86. The second kappa shape index (κ2) is 9.02. The number of morpholine rings is 1. The zero-order valence-electron chi connectivity index (χ0n) is 16.0. The molecule has 3 rings (SSSR count). The van der Waals surface area contributed by atoms with Gasteiger partial charge in [-0.25, -0.2) is 13.2 Å². The minimum Gasteiger partial charge on any atom is -0.452 e. The van der Waals surface area contributed by atoms with Crippen molar-refractivity contribution in [3.8, 4) is 0 Å². The van der Waals surface area contributed by atoms with Gasteiger partial charge in [0.15, 0.2) is 6.61 Å². The summed E-state index contributed by atoms with van der Waals surface area (Å²) < 4.78 is 37.1. The van der Waals surface area contributed by atoms with E-state index in [2.05, 4.69) is 0 Å². The van der Waals surface area contributed by atoms with E-state index in [4.69, 9.17) is 9.47 Å². The van der Waals surface area contributed by atoms with Crippen molar-refractivity contribution in [1.82, 2.24) is 9.21 Å². The van der Waals surface area contributed by atoms with Gasteiger partial charge in [-0.2, -0.15) is 4.31 Å². The molecule has 28 heavy (non-hydrogen) atoms. The zero-order valence-corrected chi connectivity index (χ0v) is 16.8. The molecule has 2 heterocycles. The fraction of sp³-hybridized carbons (Fsp3) is 0.579. The van der Waals surface area contributed by atoms with E-state index in [-0.39, 0.29) is 42.1 Å². The van der Waals surface area contributed by atoms with Crippen LogP contribution < -0.4 is 0 Å². The number of rotatable bonds is 5. The summed E-state index contributed by atoms with van der Waals surface area (Å²) >= 11 is 0. The van der Waals surface area contributed by atoms with Crippen molar-refractivity contribution in [3.63, 3.8) is 0 Å². The Morgan fingerprint density at radius 2 is 1.93 bits per heavy atom. The number of likely N-dealkylation sites (tertiary alicyclic amines) is 1. The molecule has 1 amide bonds. The quantitative estimate of drug-likeness (QED) is 0.679. The summed E-state index contributed by atoms with van der Waals surface area (Å²) in [5.41, 5.74) is 0.105. The van der Waals surface area contributed by atoms with Crippen molar-refractivity contribution in [2.45, 2.75) is 37.1 Å². The number of amides is 1. The molecule has 9 heteroatoms. The second-order valence-electron chi connectivity index (χ2n) is 7.05. The highest BCUT2D eigenvalue weighted by molar-refractivity contribution is 7.89. The van der Waals surface area contributed by atoms with E-state index in [0.29, 0.717) is 19.8 Å². The van der Waals surface area contributed by atoms with Crippen molar-refractivity contribution in [2.24, 2.45) is 0 Å². The van der Waals surface area contributed by atoms with Gasteiger partial charge in [-0.1, -0.05) is 6.07 Å². The lowest BCUT2D eigenvalue weighted by atomic mass is 10.0. The first-order chi connectivity index (χ1) is 13.4. The normalized spacial score (nSPS) is 21.3. The third-order valence-electron chi connectivity index (χ3n) is 5.13. The monoisotopic (exact) mass is 410 g/mol. The molecule has 0 spiro atoms. The minimum atomic E-state index is -3.70. The predicted octanol–water partition coefficient (Wildman–Crippen LogP) is 1.27. The van der Waals surface area contributed by atoms with Crippen LogP contribution in [0.3, 0.4) is 0 Å². The maximum Gasteiger partial charge on any atom is 0.338 e. The van der Waals surface area contributed by atoms with Crippen LogP contribution >= 0.6 is 0 Å². The first-order valence-corrected chi connectivity index (χ1v) is 11.0. The largest absolute Gasteiger partial charge is 0.452 e. The van der Waals surface area contributed by atoms with Gasteiger partial charge in [-0.3, -0.25) is 4.79 Å². The van der Waals surface area contributed by atoms with Gasteiger partial charge in [-0.15, -0.1) is 0 Å². The van der Waals surface area contributed by atoms with Gasteiger partial charge >= 0.3 is 5.97 Å². The molecule has 0 bridgehead atoms. The summed E-state index contributed by atoms with van der Waals surface area (Å²) in [7, 11) is -3.70. The molecule has 2 aliphatic rings. The molecule has 0 saturated carbocycles. The summed E-state index contributed by atoms with van der Waals surface area (Å²) in [4.78, 5) is 26.4. The maximum atomic E-state index is 12.7. The topological polar surface area (TPSA) is 93.2 Å². The van der Waals surface area contributed by atoms with Crippen LogP contribution in [0.2, 0.25) is 0 Å². The van der Waals surface area contributed by atoms with Crippen LogP contribution in [-0.2, 0) is 24.3 Å². The highest BCUT2D eigenvalue weighted by Gasteiger charge is 2.28. The third-order valence-corrected chi connectivity index (χ3v) is 7.02. The first kappa shape index (κ1) is 20.8. The minimum absolute atomic E-state index is 0.0276. The van der Waals surface area contributed by atoms with E-state index in [1.54, 1.807) is 4.90 Å². The molecule has 2 fully saturated rings. The average Bonchev–Trinajstić information content (AvgIpc) is 2.73. The molecule has 2 aliphatic heterocycles. The second-order valence-corrected chi connectivity index (χ2v) is 8.99. The Morgan fingerprint density at radius 1 is 1.18 bits per heavy atom. The van der Waals surface area contributed by atoms with Crippen molar-refractivity contribution < 1.29 is 27.5 Å². The van der Waals surface area contributed by atoms with Crippen LogP contribution in [0.15, 0.2) is 29.2 Å². The van der Waals surface area contributed by atoms with Gasteiger partial charge < -0.3 is 14.4 Å². The number of piperidine rings is 1. The van der Waals surface area contributed by atoms with Crippen LogP contribution in [0.25, 0.3) is 0 Å². The molecule has 0 aromatic heterocycles. The molecule has 1 aromatic carbocycles.